The van der Waals surface area contributed by atoms with Gasteiger partial charge in [-0.2, -0.15) is 18.3 Å². The molecule has 0 bridgehead atoms. The number of aromatic nitrogens is 3. The number of carboxylic acid groups (broad SMARTS) is 1. The van der Waals surface area contributed by atoms with Gasteiger partial charge in [0.15, 0.2) is 5.82 Å². The number of halogens is 3. The topological polar surface area (TPSA) is 97.3 Å². The zero-order chi connectivity index (χ0) is 27.3. The fourth-order valence-corrected chi connectivity index (χ4v) is 5.49. The van der Waals surface area contributed by atoms with Crippen LogP contribution >= 0.6 is 0 Å². The van der Waals surface area contributed by atoms with Crippen LogP contribution in [0.3, 0.4) is 0 Å². The number of aliphatic carboxylic acids is 1. The Labute approximate surface area is 221 Å². The lowest BCUT2D eigenvalue weighted by atomic mass is 9.91. The summed E-state index contributed by atoms with van der Waals surface area (Å²) in [4.78, 5) is 15.4. The highest BCUT2D eigenvalue weighted by molar-refractivity contribution is 5.76. The average Bonchev–Trinajstić information content (AvgIpc) is 3.62. The number of hydrogen-bond acceptors (Lipinski definition) is 5. The Hall–Kier alpha value is -4.34. The summed E-state index contributed by atoms with van der Waals surface area (Å²) in [6, 6.07) is 14.7. The second-order valence-electron chi connectivity index (χ2n) is 9.83. The van der Waals surface area contributed by atoms with Gasteiger partial charge in [-0.05, 0) is 54.2 Å². The maximum Gasteiger partial charge on any atom is 0.417 e. The number of alkyl halides is 3. The Bertz CT molecular complexity index is 1560. The predicted octanol–water partition coefficient (Wildman–Crippen LogP) is 6.48. The molecule has 0 saturated heterocycles. The maximum atomic E-state index is 14.1. The lowest BCUT2D eigenvalue weighted by Crippen LogP contribution is -2.10. The Morgan fingerprint density at radius 1 is 1.10 bits per heavy atom. The first-order valence-corrected chi connectivity index (χ1v) is 12.6. The van der Waals surface area contributed by atoms with Crippen LogP contribution in [0.4, 0.5) is 13.2 Å². The highest BCUT2D eigenvalue weighted by Gasteiger charge is 2.38. The summed E-state index contributed by atoms with van der Waals surface area (Å²) in [6.45, 7) is 2.06. The van der Waals surface area contributed by atoms with Crippen LogP contribution in [0.2, 0.25) is 0 Å². The van der Waals surface area contributed by atoms with Gasteiger partial charge in [-0.25, -0.2) is 4.98 Å². The second-order valence-corrected chi connectivity index (χ2v) is 9.83. The van der Waals surface area contributed by atoms with Crippen molar-refractivity contribution in [2.45, 2.75) is 44.4 Å². The van der Waals surface area contributed by atoms with Gasteiger partial charge in [0.2, 0.25) is 0 Å². The number of carbonyl (C=O) groups is 1. The van der Waals surface area contributed by atoms with Gasteiger partial charge >= 0.3 is 12.1 Å². The maximum absolute atomic E-state index is 14.1. The Kier molecular flexibility index (Phi) is 6.05. The number of aromatic amines is 1. The molecule has 2 heterocycles. The first-order chi connectivity index (χ1) is 18.7. The number of benzene rings is 3. The molecule has 39 heavy (non-hydrogen) atoms. The molecule has 1 aromatic heterocycles. The quantitative estimate of drug-likeness (QED) is 0.293. The molecule has 10 heteroatoms. The number of H-pyrrole nitrogens is 1. The number of nitrogens with one attached hydrogen (secondary N) is 1. The summed E-state index contributed by atoms with van der Waals surface area (Å²) >= 11 is 0. The van der Waals surface area contributed by atoms with Crippen molar-refractivity contribution in [3.8, 4) is 34.0 Å². The van der Waals surface area contributed by atoms with Gasteiger partial charge in [-0.15, -0.1) is 0 Å². The van der Waals surface area contributed by atoms with Crippen molar-refractivity contribution in [1.82, 2.24) is 15.2 Å². The molecule has 6 rings (SSSR count). The molecule has 1 aliphatic heterocycles. The fraction of sp³-hybridized carbons (Fsp3) is 0.276. The summed E-state index contributed by atoms with van der Waals surface area (Å²) < 4.78 is 54.3. The molecule has 2 N–H and O–H groups in total. The van der Waals surface area contributed by atoms with Gasteiger partial charge < -0.3 is 14.6 Å². The van der Waals surface area contributed by atoms with Crippen LogP contribution in [0.15, 0.2) is 54.6 Å². The number of aryl methyl sites for hydroxylation is 1. The zero-order valence-corrected chi connectivity index (χ0v) is 20.9. The number of fused-ring (bicyclic) bond motifs is 2. The summed E-state index contributed by atoms with van der Waals surface area (Å²) in [7, 11) is 0. The van der Waals surface area contributed by atoms with E-state index in [0.717, 1.165) is 17.2 Å². The molecule has 200 valence electrons. The van der Waals surface area contributed by atoms with Gasteiger partial charge in [-0.1, -0.05) is 36.4 Å². The van der Waals surface area contributed by atoms with E-state index in [1.807, 2.05) is 0 Å². The van der Waals surface area contributed by atoms with Crippen LogP contribution < -0.4 is 9.47 Å². The minimum absolute atomic E-state index is 0.0215. The zero-order valence-electron chi connectivity index (χ0n) is 20.9. The van der Waals surface area contributed by atoms with Crippen LogP contribution in [0.1, 0.15) is 52.9 Å². The van der Waals surface area contributed by atoms with E-state index in [0.29, 0.717) is 52.7 Å². The van der Waals surface area contributed by atoms with Crippen molar-refractivity contribution in [3.63, 3.8) is 0 Å². The lowest BCUT2D eigenvalue weighted by molar-refractivity contribution is -0.138. The van der Waals surface area contributed by atoms with Crippen LogP contribution in [0, 0.1) is 6.92 Å². The van der Waals surface area contributed by atoms with Crippen molar-refractivity contribution in [1.29, 1.82) is 0 Å². The first kappa shape index (κ1) is 25.0. The van der Waals surface area contributed by atoms with E-state index in [4.69, 9.17) is 14.6 Å². The van der Waals surface area contributed by atoms with Crippen molar-refractivity contribution in [2.24, 2.45) is 0 Å². The Morgan fingerprint density at radius 3 is 2.54 bits per heavy atom. The average molecular weight is 536 g/mol. The largest absolute Gasteiger partial charge is 0.492 e. The number of hydrogen-bond donors (Lipinski definition) is 2. The minimum atomic E-state index is -4.52. The summed E-state index contributed by atoms with van der Waals surface area (Å²) in [5.74, 6) is 1.11. The van der Waals surface area contributed by atoms with Gasteiger partial charge in [0, 0.05) is 23.1 Å². The van der Waals surface area contributed by atoms with E-state index in [2.05, 4.69) is 15.2 Å². The predicted molar refractivity (Wildman–Crippen MR) is 136 cm³/mol. The van der Waals surface area contributed by atoms with Crippen molar-refractivity contribution < 1.29 is 32.5 Å². The second kappa shape index (κ2) is 9.44. The van der Waals surface area contributed by atoms with E-state index in [-0.39, 0.29) is 24.5 Å². The summed E-state index contributed by atoms with van der Waals surface area (Å²) in [6.07, 6.45) is -4.01. The van der Waals surface area contributed by atoms with Crippen molar-refractivity contribution >= 4 is 5.97 Å². The molecule has 0 fully saturated rings. The molecular formula is C29H24F3N3O4. The molecule has 4 aromatic rings. The summed E-state index contributed by atoms with van der Waals surface area (Å²) in [5.41, 5.74) is 2.81. The summed E-state index contributed by atoms with van der Waals surface area (Å²) in [5, 5.41) is 16.0. The van der Waals surface area contributed by atoms with Gasteiger partial charge in [0.05, 0.1) is 18.6 Å². The van der Waals surface area contributed by atoms with E-state index in [1.54, 1.807) is 49.4 Å². The molecule has 0 saturated carbocycles. The third kappa shape index (κ3) is 4.71. The van der Waals surface area contributed by atoms with Crippen LogP contribution in [0.5, 0.6) is 11.5 Å². The first-order valence-electron chi connectivity index (χ1n) is 12.6. The number of ether oxygens (including phenoxy) is 2. The minimum Gasteiger partial charge on any atom is -0.492 e. The molecule has 1 aliphatic carbocycles. The van der Waals surface area contributed by atoms with E-state index in [1.165, 1.54) is 6.07 Å². The molecule has 1 unspecified atom stereocenters. The normalized spacial score (nSPS) is 17.9. The van der Waals surface area contributed by atoms with E-state index < -0.39 is 23.8 Å². The Morgan fingerprint density at radius 2 is 1.85 bits per heavy atom. The molecule has 0 spiro atoms. The molecule has 7 nitrogen and oxygen atoms in total. The fourth-order valence-electron chi connectivity index (χ4n) is 5.49. The van der Waals surface area contributed by atoms with Gasteiger partial charge in [-0.3, -0.25) is 9.89 Å². The van der Waals surface area contributed by atoms with Crippen LogP contribution in [-0.2, 0) is 17.4 Å². The Balaban J connectivity index is 1.32. The molecule has 3 aromatic carbocycles. The van der Waals surface area contributed by atoms with Crippen LogP contribution in [-0.4, -0.2) is 32.9 Å². The standard InChI is InChI=1S/C29H24F3N3O4/c1-15-33-28(35-34-15)17-4-2-16(3-5-17)27-22-9-11-24(21(22)8-10-23(27)29(30,31)32)39-19-6-7-20-18(12-26(36)37)14-38-25(20)13-19/h2-8,10,13,18,24H,9,11-12,14H2,1H3,(H,36,37)(H,33,34,35)/t18?,24-/m1/s1. The molecule has 2 atom stereocenters. The molecular weight excluding hydrogens is 511 g/mol. The SMILES string of the molecule is Cc1nc(-c2ccc(-c3c(C(F)(F)F)ccc4c3CC[C@H]4Oc3ccc4c(c3)OCC4CC(=O)O)cc2)n[nH]1. The highest BCUT2D eigenvalue weighted by Crippen LogP contribution is 2.47. The van der Waals surface area contributed by atoms with Crippen LogP contribution in [0.25, 0.3) is 22.5 Å². The van der Waals surface area contributed by atoms with E-state index >= 15 is 0 Å². The third-order valence-electron chi connectivity index (χ3n) is 7.25. The smallest absolute Gasteiger partial charge is 0.417 e. The lowest BCUT2D eigenvalue weighted by Gasteiger charge is -2.20. The van der Waals surface area contributed by atoms with Gasteiger partial charge in [0.25, 0.3) is 0 Å². The molecule has 2 aliphatic rings. The van der Waals surface area contributed by atoms with Gasteiger partial charge in [0.1, 0.15) is 23.4 Å². The van der Waals surface area contributed by atoms with E-state index in [9.17, 15) is 18.0 Å². The number of nitrogens with zero attached hydrogens (tertiary/aromatic N) is 2. The monoisotopic (exact) mass is 535 g/mol. The number of rotatable bonds is 6. The third-order valence-corrected chi connectivity index (χ3v) is 7.25. The van der Waals surface area contributed by atoms with Crippen molar-refractivity contribution in [3.05, 3.63) is 82.7 Å². The number of carboxylic acids is 1. The highest BCUT2D eigenvalue weighted by atomic mass is 19.4. The molecule has 0 radical (unpaired) electrons. The molecule has 0 amide bonds. The van der Waals surface area contributed by atoms with Crippen molar-refractivity contribution in [2.75, 3.05) is 6.61 Å².